The summed E-state index contributed by atoms with van der Waals surface area (Å²) in [5.41, 5.74) is 1.32. The third kappa shape index (κ3) is 3.62. The largest absolute Gasteiger partial charge is 0.497 e. The van der Waals surface area contributed by atoms with Crippen molar-refractivity contribution in [1.29, 1.82) is 0 Å². The molecule has 0 aliphatic carbocycles. The number of carbonyl (C=O) groups is 1. The Bertz CT molecular complexity index is 833. The third-order valence-electron chi connectivity index (χ3n) is 3.02. The number of hydrogen-bond acceptors (Lipinski definition) is 6. The average molecular weight is 391 g/mol. The maximum Gasteiger partial charge on any atom is 0.284 e. The monoisotopic (exact) mass is 390 g/mol. The number of nitrogens with zero attached hydrogens (tertiary/aromatic N) is 2. The molecule has 23 heavy (non-hydrogen) atoms. The number of methoxy groups -OCH3 is 1. The molecule has 2 aromatic carbocycles. The number of carbonyl (C=O) groups excluding carboxylic acids is 1. The van der Waals surface area contributed by atoms with Crippen molar-refractivity contribution in [3.63, 3.8) is 0 Å². The summed E-state index contributed by atoms with van der Waals surface area (Å²) in [5.74, 6) is 1.10. The highest BCUT2D eigenvalue weighted by Crippen LogP contribution is 2.28. The summed E-state index contributed by atoms with van der Waals surface area (Å²) in [4.78, 5) is 12.3. The lowest BCUT2D eigenvalue weighted by atomic mass is 10.2. The number of halogens is 1. The van der Waals surface area contributed by atoms with Gasteiger partial charge >= 0.3 is 0 Å². The summed E-state index contributed by atoms with van der Waals surface area (Å²) in [7, 11) is 1.60. The van der Waals surface area contributed by atoms with Crippen LogP contribution in [0.15, 0.2) is 62.6 Å². The summed E-state index contributed by atoms with van der Waals surface area (Å²) in [6.07, 6.45) is 0. The average Bonchev–Trinajstić information content (AvgIpc) is 3.03. The fourth-order valence-electron chi connectivity index (χ4n) is 1.86. The Morgan fingerprint density at radius 3 is 2.57 bits per heavy atom. The van der Waals surface area contributed by atoms with Crippen molar-refractivity contribution >= 4 is 32.8 Å². The van der Waals surface area contributed by atoms with E-state index in [1.807, 2.05) is 24.3 Å². The number of benzene rings is 2. The minimum absolute atomic E-state index is 0.164. The molecule has 0 spiro atoms. The predicted octanol–water partition coefficient (Wildman–Crippen LogP) is 4.44. The maximum absolute atomic E-state index is 12.3. The molecule has 3 aromatic rings. The van der Waals surface area contributed by atoms with E-state index >= 15 is 0 Å². The van der Waals surface area contributed by atoms with E-state index in [4.69, 9.17) is 9.15 Å². The van der Waals surface area contributed by atoms with Crippen LogP contribution in [0.4, 0.5) is 0 Å². The molecule has 3 rings (SSSR count). The molecule has 0 bridgehead atoms. The Morgan fingerprint density at radius 1 is 1.13 bits per heavy atom. The molecular formula is C16H11BrN2O3S. The summed E-state index contributed by atoms with van der Waals surface area (Å²) in [5, 5.41) is 7.92. The van der Waals surface area contributed by atoms with E-state index in [-0.39, 0.29) is 10.3 Å². The first-order valence-corrected chi connectivity index (χ1v) is 8.23. The molecule has 1 heterocycles. The van der Waals surface area contributed by atoms with Gasteiger partial charge in [-0.3, -0.25) is 4.79 Å². The van der Waals surface area contributed by atoms with Gasteiger partial charge in [-0.15, -0.1) is 10.2 Å². The fraction of sp³-hybridized carbons (Fsp3) is 0.0625. The second-order valence-corrected chi connectivity index (χ2v) is 6.25. The SMILES string of the molecule is COc1ccc(-c2nnc(SC(=O)c3ccccc3Br)o2)cc1. The van der Waals surface area contributed by atoms with Crippen LogP contribution in [0.25, 0.3) is 11.5 Å². The van der Waals surface area contributed by atoms with Gasteiger partial charge in [0.2, 0.25) is 11.0 Å². The quantitative estimate of drug-likeness (QED) is 0.613. The van der Waals surface area contributed by atoms with Gasteiger partial charge in [0.25, 0.3) is 5.22 Å². The molecule has 5 nitrogen and oxygen atoms in total. The van der Waals surface area contributed by atoms with Crippen LogP contribution in [-0.2, 0) is 0 Å². The van der Waals surface area contributed by atoms with E-state index < -0.39 is 0 Å². The molecule has 7 heteroatoms. The Hall–Kier alpha value is -2.12. The Morgan fingerprint density at radius 2 is 1.87 bits per heavy atom. The van der Waals surface area contributed by atoms with Crippen LogP contribution >= 0.6 is 27.7 Å². The van der Waals surface area contributed by atoms with E-state index in [1.165, 1.54) is 0 Å². The van der Waals surface area contributed by atoms with Crippen molar-refractivity contribution in [2.75, 3.05) is 7.11 Å². The van der Waals surface area contributed by atoms with E-state index in [0.29, 0.717) is 11.5 Å². The zero-order valence-electron chi connectivity index (χ0n) is 12.0. The fourth-order valence-corrected chi connectivity index (χ4v) is 3.11. The molecule has 0 fully saturated rings. The number of aromatic nitrogens is 2. The van der Waals surface area contributed by atoms with Gasteiger partial charge in [-0.1, -0.05) is 28.1 Å². The van der Waals surface area contributed by atoms with Crippen LogP contribution in [0.5, 0.6) is 5.75 Å². The van der Waals surface area contributed by atoms with E-state index in [2.05, 4.69) is 26.1 Å². The van der Waals surface area contributed by atoms with E-state index in [1.54, 1.807) is 31.4 Å². The standard InChI is InChI=1S/C16H11BrN2O3S/c1-21-11-8-6-10(7-9-11)14-18-19-16(22-14)23-15(20)12-4-2-3-5-13(12)17/h2-9H,1H3. The van der Waals surface area contributed by atoms with Crippen LogP contribution in [0.2, 0.25) is 0 Å². The molecule has 1 aromatic heterocycles. The lowest BCUT2D eigenvalue weighted by Gasteiger charge is -2.00. The topological polar surface area (TPSA) is 65.2 Å². The van der Waals surface area contributed by atoms with Gasteiger partial charge in [0.05, 0.1) is 7.11 Å². The van der Waals surface area contributed by atoms with Crippen molar-refractivity contribution < 1.29 is 13.9 Å². The molecule has 0 saturated carbocycles. The number of ether oxygens (including phenoxy) is 1. The Labute approximate surface area is 145 Å². The van der Waals surface area contributed by atoms with Gasteiger partial charge in [0.1, 0.15) is 5.75 Å². The highest BCUT2D eigenvalue weighted by atomic mass is 79.9. The van der Waals surface area contributed by atoms with Gasteiger partial charge < -0.3 is 9.15 Å². The maximum atomic E-state index is 12.3. The highest BCUT2D eigenvalue weighted by molar-refractivity contribution is 9.10. The predicted molar refractivity (Wildman–Crippen MR) is 90.6 cm³/mol. The second-order valence-electron chi connectivity index (χ2n) is 4.47. The number of thioether (sulfide) groups is 1. The molecular weight excluding hydrogens is 380 g/mol. The normalized spacial score (nSPS) is 10.5. The molecule has 0 aliphatic rings. The molecule has 0 unspecified atom stereocenters. The van der Waals surface area contributed by atoms with Crippen molar-refractivity contribution in [1.82, 2.24) is 10.2 Å². The van der Waals surface area contributed by atoms with E-state index in [0.717, 1.165) is 27.5 Å². The molecule has 0 atom stereocenters. The number of rotatable bonds is 4. The second kappa shape index (κ2) is 6.97. The summed E-state index contributed by atoms with van der Waals surface area (Å²) in [6, 6.07) is 14.4. The van der Waals surface area contributed by atoms with Gasteiger partial charge in [-0.2, -0.15) is 0 Å². The minimum Gasteiger partial charge on any atom is -0.497 e. The highest BCUT2D eigenvalue weighted by Gasteiger charge is 2.16. The Balaban J connectivity index is 1.76. The molecule has 0 amide bonds. The van der Waals surface area contributed by atoms with E-state index in [9.17, 15) is 4.79 Å². The zero-order valence-corrected chi connectivity index (χ0v) is 14.4. The molecule has 0 saturated heterocycles. The van der Waals surface area contributed by atoms with Gasteiger partial charge in [0.15, 0.2) is 0 Å². The van der Waals surface area contributed by atoms with Gasteiger partial charge in [-0.25, -0.2) is 0 Å². The first-order valence-electron chi connectivity index (χ1n) is 6.62. The van der Waals surface area contributed by atoms with Gasteiger partial charge in [0, 0.05) is 27.4 Å². The van der Waals surface area contributed by atoms with Crippen LogP contribution in [0.3, 0.4) is 0 Å². The van der Waals surface area contributed by atoms with Crippen molar-refractivity contribution in [3.8, 4) is 17.2 Å². The third-order valence-corrected chi connectivity index (χ3v) is 4.45. The smallest absolute Gasteiger partial charge is 0.284 e. The van der Waals surface area contributed by atoms with Crippen LogP contribution < -0.4 is 4.74 Å². The number of hydrogen-bond donors (Lipinski definition) is 0. The lowest BCUT2D eigenvalue weighted by molar-refractivity contribution is 0.108. The zero-order chi connectivity index (χ0) is 16.2. The lowest BCUT2D eigenvalue weighted by Crippen LogP contribution is -1.94. The van der Waals surface area contributed by atoms with Gasteiger partial charge in [-0.05, 0) is 36.4 Å². The van der Waals surface area contributed by atoms with Crippen molar-refractivity contribution in [2.45, 2.75) is 5.22 Å². The molecule has 0 aliphatic heterocycles. The Kier molecular flexibility index (Phi) is 4.78. The minimum atomic E-state index is -0.164. The summed E-state index contributed by atoms with van der Waals surface area (Å²) in [6.45, 7) is 0. The van der Waals surface area contributed by atoms with Crippen LogP contribution in [0, 0.1) is 0 Å². The van der Waals surface area contributed by atoms with Crippen molar-refractivity contribution in [2.24, 2.45) is 0 Å². The molecule has 0 N–H and O–H groups in total. The summed E-state index contributed by atoms with van der Waals surface area (Å²) >= 11 is 4.25. The van der Waals surface area contributed by atoms with Crippen molar-refractivity contribution in [3.05, 3.63) is 58.6 Å². The van der Waals surface area contributed by atoms with Crippen LogP contribution in [-0.4, -0.2) is 22.4 Å². The molecule has 116 valence electrons. The summed E-state index contributed by atoms with van der Waals surface area (Å²) < 4.78 is 11.4. The van der Waals surface area contributed by atoms with Crippen LogP contribution in [0.1, 0.15) is 10.4 Å². The molecule has 0 radical (unpaired) electrons. The first-order chi connectivity index (χ1) is 11.2. The first kappa shape index (κ1) is 15.8.